The smallest absolute Gasteiger partial charge is 0.323 e. The predicted molar refractivity (Wildman–Crippen MR) is 71.2 cm³/mol. The first-order valence-electron chi connectivity index (χ1n) is 6.89. The van der Waals surface area contributed by atoms with E-state index in [1.165, 1.54) is 0 Å². The van der Waals surface area contributed by atoms with Gasteiger partial charge in [-0.25, -0.2) is 0 Å². The molecular formula is C14H27NO3. The van der Waals surface area contributed by atoms with Crippen molar-refractivity contribution >= 4 is 5.97 Å². The summed E-state index contributed by atoms with van der Waals surface area (Å²) in [6.07, 6.45) is 5.65. The second kappa shape index (κ2) is 7.10. The molecule has 18 heavy (non-hydrogen) atoms. The lowest BCUT2D eigenvalue weighted by Crippen LogP contribution is -2.37. The van der Waals surface area contributed by atoms with Crippen molar-refractivity contribution in [2.75, 3.05) is 13.7 Å². The highest BCUT2D eigenvalue weighted by atomic mass is 16.5. The van der Waals surface area contributed by atoms with Gasteiger partial charge in [-0.05, 0) is 43.9 Å². The number of hydrogen-bond acceptors (Lipinski definition) is 4. The minimum Gasteiger partial charge on any atom is -0.461 e. The maximum absolute atomic E-state index is 11.8. The van der Waals surface area contributed by atoms with Gasteiger partial charge in [-0.15, -0.1) is 0 Å². The number of ether oxygens (including phenoxy) is 2. The van der Waals surface area contributed by atoms with Crippen LogP contribution in [0.15, 0.2) is 0 Å². The summed E-state index contributed by atoms with van der Waals surface area (Å²) in [5, 5.41) is 0. The van der Waals surface area contributed by atoms with E-state index in [-0.39, 0.29) is 12.1 Å². The average Bonchev–Trinajstić information content (AvgIpc) is 2.32. The number of hydrogen-bond donors (Lipinski definition) is 1. The van der Waals surface area contributed by atoms with Crippen LogP contribution in [0.25, 0.3) is 0 Å². The lowest BCUT2D eigenvalue weighted by Gasteiger charge is -2.34. The van der Waals surface area contributed by atoms with Gasteiger partial charge in [0, 0.05) is 13.7 Å². The SMILES string of the molecule is COCCCC(N)C(=O)OC1CCC(C)(C)CC1. The van der Waals surface area contributed by atoms with Crippen molar-refractivity contribution in [2.45, 2.75) is 64.5 Å². The summed E-state index contributed by atoms with van der Waals surface area (Å²) in [6, 6.07) is -0.505. The molecule has 0 amide bonds. The zero-order chi connectivity index (χ0) is 13.6. The van der Waals surface area contributed by atoms with E-state index in [0.29, 0.717) is 18.4 Å². The predicted octanol–water partition coefficient (Wildman–Crippen LogP) is 2.25. The molecule has 0 aliphatic heterocycles. The normalized spacial score (nSPS) is 21.6. The molecular weight excluding hydrogens is 230 g/mol. The average molecular weight is 257 g/mol. The van der Waals surface area contributed by atoms with E-state index in [2.05, 4.69) is 13.8 Å². The van der Waals surface area contributed by atoms with Crippen molar-refractivity contribution in [3.05, 3.63) is 0 Å². The molecule has 1 rings (SSSR count). The largest absolute Gasteiger partial charge is 0.461 e. The Balaban J connectivity index is 2.23. The lowest BCUT2D eigenvalue weighted by atomic mass is 9.76. The Morgan fingerprint density at radius 1 is 1.39 bits per heavy atom. The van der Waals surface area contributed by atoms with Crippen molar-refractivity contribution in [1.82, 2.24) is 0 Å². The van der Waals surface area contributed by atoms with E-state index in [0.717, 1.165) is 32.1 Å². The second-order valence-electron chi connectivity index (χ2n) is 6.04. The number of carbonyl (C=O) groups excluding carboxylic acids is 1. The first kappa shape index (κ1) is 15.4. The number of nitrogens with two attached hydrogens (primary N) is 1. The summed E-state index contributed by atoms with van der Waals surface area (Å²) in [5.74, 6) is -0.254. The number of esters is 1. The van der Waals surface area contributed by atoms with Crippen LogP contribution in [0.4, 0.5) is 0 Å². The van der Waals surface area contributed by atoms with Crippen molar-refractivity contribution < 1.29 is 14.3 Å². The molecule has 4 heteroatoms. The Bertz CT molecular complexity index is 256. The highest BCUT2D eigenvalue weighted by molar-refractivity contribution is 5.75. The summed E-state index contributed by atoms with van der Waals surface area (Å²) in [6.45, 7) is 5.17. The van der Waals surface area contributed by atoms with Gasteiger partial charge < -0.3 is 15.2 Å². The molecule has 2 N–H and O–H groups in total. The van der Waals surface area contributed by atoms with Gasteiger partial charge in [-0.1, -0.05) is 13.8 Å². The van der Waals surface area contributed by atoms with Gasteiger partial charge in [-0.2, -0.15) is 0 Å². The van der Waals surface area contributed by atoms with Gasteiger partial charge >= 0.3 is 5.97 Å². The Morgan fingerprint density at radius 2 is 2.00 bits per heavy atom. The first-order valence-corrected chi connectivity index (χ1v) is 6.89. The molecule has 0 spiro atoms. The Hall–Kier alpha value is -0.610. The monoisotopic (exact) mass is 257 g/mol. The van der Waals surface area contributed by atoms with Crippen molar-refractivity contribution in [3.63, 3.8) is 0 Å². The molecule has 1 aliphatic carbocycles. The maximum Gasteiger partial charge on any atom is 0.323 e. The summed E-state index contributed by atoms with van der Waals surface area (Å²) in [4.78, 5) is 11.8. The molecule has 1 unspecified atom stereocenters. The first-order chi connectivity index (χ1) is 8.44. The van der Waals surface area contributed by atoms with Crippen LogP contribution in [0.1, 0.15) is 52.4 Å². The molecule has 0 bridgehead atoms. The van der Waals surface area contributed by atoms with Crippen LogP contribution in [0.3, 0.4) is 0 Å². The third-order valence-corrected chi connectivity index (χ3v) is 3.74. The van der Waals surface area contributed by atoms with Crippen LogP contribution in [-0.4, -0.2) is 31.8 Å². The highest BCUT2D eigenvalue weighted by Gasteiger charge is 2.29. The van der Waals surface area contributed by atoms with Crippen LogP contribution in [-0.2, 0) is 14.3 Å². The summed E-state index contributed by atoms with van der Waals surface area (Å²) in [7, 11) is 1.65. The fraction of sp³-hybridized carbons (Fsp3) is 0.929. The van der Waals surface area contributed by atoms with E-state index < -0.39 is 6.04 Å². The quantitative estimate of drug-likeness (QED) is 0.585. The van der Waals surface area contributed by atoms with Crippen molar-refractivity contribution in [3.8, 4) is 0 Å². The standard InChI is InChI=1S/C14H27NO3/c1-14(2)8-6-11(7-9-14)18-13(16)12(15)5-4-10-17-3/h11-12H,4-10,15H2,1-3H3. The molecule has 4 nitrogen and oxygen atoms in total. The summed E-state index contributed by atoms with van der Waals surface area (Å²) >= 11 is 0. The third-order valence-electron chi connectivity index (χ3n) is 3.74. The van der Waals surface area contributed by atoms with Crippen molar-refractivity contribution in [2.24, 2.45) is 11.1 Å². The van der Waals surface area contributed by atoms with Gasteiger partial charge in [0.2, 0.25) is 0 Å². The molecule has 0 radical (unpaired) electrons. The molecule has 106 valence electrons. The minimum absolute atomic E-state index is 0.0685. The van der Waals surface area contributed by atoms with E-state index in [1.54, 1.807) is 7.11 Å². The van der Waals surface area contributed by atoms with E-state index >= 15 is 0 Å². The highest BCUT2D eigenvalue weighted by Crippen LogP contribution is 2.36. The number of methoxy groups -OCH3 is 1. The van der Waals surface area contributed by atoms with Crippen molar-refractivity contribution in [1.29, 1.82) is 0 Å². The van der Waals surface area contributed by atoms with Crippen LogP contribution < -0.4 is 5.73 Å². The fourth-order valence-electron chi connectivity index (χ4n) is 2.31. The fourth-order valence-corrected chi connectivity index (χ4v) is 2.31. The molecule has 0 saturated heterocycles. The lowest BCUT2D eigenvalue weighted by molar-refractivity contribution is -0.153. The number of carbonyl (C=O) groups is 1. The zero-order valence-electron chi connectivity index (χ0n) is 11.9. The van der Waals surface area contributed by atoms with Gasteiger partial charge in [0.15, 0.2) is 0 Å². The molecule has 0 aromatic heterocycles. The Labute approximate surface area is 110 Å². The summed E-state index contributed by atoms with van der Waals surface area (Å²) < 4.78 is 10.4. The second-order valence-corrected chi connectivity index (χ2v) is 6.04. The topological polar surface area (TPSA) is 61.5 Å². The maximum atomic E-state index is 11.8. The van der Waals surface area contributed by atoms with Crippen LogP contribution in [0, 0.1) is 5.41 Å². The molecule has 0 aromatic rings. The van der Waals surface area contributed by atoms with E-state index in [9.17, 15) is 4.79 Å². The zero-order valence-corrected chi connectivity index (χ0v) is 11.9. The van der Waals surface area contributed by atoms with Crippen LogP contribution in [0.2, 0.25) is 0 Å². The van der Waals surface area contributed by atoms with E-state index in [4.69, 9.17) is 15.2 Å². The summed E-state index contributed by atoms with van der Waals surface area (Å²) in [5.41, 5.74) is 6.19. The molecule has 1 fully saturated rings. The molecule has 1 aliphatic rings. The van der Waals surface area contributed by atoms with Gasteiger partial charge in [0.1, 0.15) is 12.1 Å². The van der Waals surface area contributed by atoms with E-state index in [1.807, 2.05) is 0 Å². The molecule has 0 aromatic carbocycles. The van der Waals surface area contributed by atoms with Gasteiger partial charge in [-0.3, -0.25) is 4.79 Å². The number of rotatable bonds is 6. The van der Waals surface area contributed by atoms with Gasteiger partial charge in [0.05, 0.1) is 0 Å². The molecule has 0 heterocycles. The Kier molecular flexibility index (Phi) is 6.09. The molecule has 1 saturated carbocycles. The van der Waals surface area contributed by atoms with Gasteiger partial charge in [0.25, 0.3) is 0 Å². The third kappa shape index (κ3) is 5.36. The van der Waals surface area contributed by atoms with Crippen LogP contribution in [0.5, 0.6) is 0 Å². The molecule has 1 atom stereocenters. The minimum atomic E-state index is -0.505. The Morgan fingerprint density at radius 3 is 2.56 bits per heavy atom. The van der Waals surface area contributed by atoms with Crippen LogP contribution >= 0.6 is 0 Å².